The summed E-state index contributed by atoms with van der Waals surface area (Å²) in [7, 11) is 0. The number of hydrogen-bond acceptors (Lipinski definition) is 2. The van der Waals surface area contributed by atoms with Crippen LogP contribution in [0.25, 0.3) is 0 Å². The molecule has 0 aliphatic carbocycles. The molecular formula is C16H31NO. The monoisotopic (exact) mass is 253 g/mol. The van der Waals surface area contributed by atoms with Crippen LogP contribution in [-0.2, 0) is 0 Å². The van der Waals surface area contributed by atoms with E-state index < -0.39 is 0 Å². The summed E-state index contributed by atoms with van der Waals surface area (Å²) in [6.45, 7) is 5.56. The highest BCUT2D eigenvalue weighted by molar-refractivity contribution is 4.84. The van der Waals surface area contributed by atoms with E-state index in [2.05, 4.69) is 18.7 Å². The smallest absolute Gasteiger partial charge is 0.0688 e. The second-order valence-electron chi connectivity index (χ2n) is 5.11. The van der Waals surface area contributed by atoms with Gasteiger partial charge in [0.2, 0.25) is 0 Å². The maximum absolute atomic E-state index is 9.53. The molecule has 2 unspecified atom stereocenters. The van der Waals surface area contributed by atoms with Crippen LogP contribution < -0.4 is 5.73 Å². The fourth-order valence-electron chi connectivity index (χ4n) is 1.86. The van der Waals surface area contributed by atoms with Crippen molar-refractivity contribution in [2.45, 2.75) is 76.9 Å². The average Bonchev–Trinajstić information content (AvgIpc) is 2.35. The summed E-state index contributed by atoms with van der Waals surface area (Å²) in [5.74, 6) is 0. The van der Waals surface area contributed by atoms with Crippen LogP contribution in [0.1, 0.15) is 64.7 Å². The third kappa shape index (κ3) is 11.9. The SMILES string of the molecule is C=CCCC=CCCCCCCCC(O)C(C)N. The zero-order chi connectivity index (χ0) is 13.6. The summed E-state index contributed by atoms with van der Waals surface area (Å²) in [4.78, 5) is 0. The van der Waals surface area contributed by atoms with Gasteiger partial charge in [-0.15, -0.1) is 6.58 Å². The van der Waals surface area contributed by atoms with Crippen LogP contribution in [0.15, 0.2) is 24.8 Å². The van der Waals surface area contributed by atoms with Crippen LogP contribution in [0.5, 0.6) is 0 Å². The molecule has 0 aromatic rings. The summed E-state index contributed by atoms with van der Waals surface area (Å²) in [6, 6.07) is -0.0919. The lowest BCUT2D eigenvalue weighted by atomic mass is 10.0. The van der Waals surface area contributed by atoms with Crippen molar-refractivity contribution in [2.75, 3.05) is 0 Å². The summed E-state index contributed by atoms with van der Waals surface area (Å²) in [5.41, 5.74) is 5.60. The average molecular weight is 253 g/mol. The molecular weight excluding hydrogens is 222 g/mol. The van der Waals surface area contributed by atoms with Gasteiger partial charge >= 0.3 is 0 Å². The van der Waals surface area contributed by atoms with E-state index in [0.717, 1.165) is 25.7 Å². The molecule has 0 radical (unpaired) electrons. The van der Waals surface area contributed by atoms with E-state index in [-0.39, 0.29) is 12.1 Å². The van der Waals surface area contributed by atoms with Crippen molar-refractivity contribution in [1.29, 1.82) is 0 Å². The first-order chi connectivity index (χ1) is 8.68. The Morgan fingerprint density at radius 3 is 2.28 bits per heavy atom. The number of hydrogen-bond donors (Lipinski definition) is 2. The number of aliphatic hydroxyl groups is 1. The molecule has 0 aliphatic heterocycles. The molecule has 0 spiro atoms. The van der Waals surface area contributed by atoms with Crippen molar-refractivity contribution in [3.05, 3.63) is 24.8 Å². The first kappa shape index (κ1) is 17.4. The number of allylic oxidation sites excluding steroid dienone is 3. The van der Waals surface area contributed by atoms with E-state index in [1.807, 2.05) is 13.0 Å². The molecule has 0 saturated heterocycles. The maximum Gasteiger partial charge on any atom is 0.0688 e. The number of nitrogens with two attached hydrogens (primary N) is 1. The van der Waals surface area contributed by atoms with Gasteiger partial charge in [0.25, 0.3) is 0 Å². The maximum atomic E-state index is 9.53. The Balaban J connectivity index is 3.16. The normalized spacial score (nSPS) is 14.8. The summed E-state index contributed by atoms with van der Waals surface area (Å²) < 4.78 is 0. The van der Waals surface area contributed by atoms with Crippen LogP contribution in [0.3, 0.4) is 0 Å². The molecule has 0 aliphatic rings. The first-order valence-electron chi connectivity index (χ1n) is 7.38. The standard InChI is InChI=1S/C16H31NO/c1-3-4-5-6-7-8-9-10-11-12-13-14-16(18)15(2)17/h3,6-7,15-16,18H,1,4-5,8-14,17H2,2H3. The van der Waals surface area contributed by atoms with Crippen LogP contribution in [0, 0.1) is 0 Å². The zero-order valence-electron chi connectivity index (χ0n) is 12.0. The first-order valence-corrected chi connectivity index (χ1v) is 7.38. The predicted octanol–water partition coefficient (Wildman–Crippen LogP) is 3.95. The highest BCUT2D eigenvalue weighted by Gasteiger charge is 2.07. The molecule has 0 amide bonds. The molecule has 0 aromatic heterocycles. The van der Waals surface area contributed by atoms with E-state index in [4.69, 9.17) is 5.73 Å². The van der Waals surface area contributed by atoms with Gasteiger partial charge in [-0.25, -0.2) is 0 Å². The van der Waals surface area contributed by atoms with E-state index in [1.54, 1.807) is 0 Å². The lowest BCUT2D eigenvalue weighted by Gasteiger charge is -2.13. The van der Waals surface area contributed by atoms with Crippen LogP contribution in [0.2, 0.25) is 0 Å². The third-order valence-corrected chi connectivity index (χ3v) is 3.18. The highest BCUT2D eigenvalue weighted by atomic mass is 16.3. The zero-order valence-corrected chi connectivity index (χ0v) is 12.0. The Labute approximate surface area is 113 Å². The molecule has 106 valence electrons. The quantitative estimate of drug-likeness (QED) is 0.408. The van der Waals surface area contributed by atoms with Crippen molar-refractivity contribution in [1.82, 2.24) is 0 Å². The molecule has 0 fully saturated rings. The Bertz CT molecular complexity index is 211. The summed E-state index contributed by atoms with van der Waals surface area (Å²) in [5, 5.41) is 9.53. The van der Waals surface area contributed by atoms with Crippen molar-refractivity contribution >= 4 is 0 Å². The Morgan fingerprint density at radius 1 is 1.00 bits per heavy atom. The largest absolute Gasteiger partial charge is 0.392 e. The second kappa shape index (κ2) is 12.8. The van der Waals surface area contributed by atoms with Gasteiger partial charge in [0.05, 0.1) is 6.10 Å². The van der Waals surface area contributed by atoms with E-state index in [1.165, 1.54) is 32.1 Å². The molecule has 0 saturated carbocycles. The van der Waals surface area contributed by atoms with Crippen molar-refractivity contribution in [3.63, 3.8) is 0 Å². The number of unbranched alkanes of at least 4 members (excludes halogenated alkanes) is 6. The second-order valence-corrected chi connectivity index (χ2v) is 5.11. The number of rotatable bonds is 12. The minimum Gasteiger partial charge on any atom is -0.392 e. The molecule has 2 nitrogen and oxygen atoms in total. The molecule has 2 heteroatoms. The topological polar surface area (TPSA) is 46.2 Å². The number of aliphatic hydroxyl groups excluding tert-OH is 1. The van der Waals surface area contributed by atoms with Gasteiger partial charge in [0.1, 0.15) is 0 Å². The van der Waals surface area contributed by atoms with E-state index in [9.17, 15) is 5.11 Å². The predicted molar refractivity (Wildman–Crippen MR) is 80.5 cm³/mol. The Morgan fingerprint density at radius 2 is 1.61 bits per heavy atom. The highest BCUT2D eigenvalue weighted by Crippen LogP contribution is 2.10. The van der Waals surface area contributed by atoms with Gasteiger partial charge in [-0.2, -0.15) is 0 Å². The minimum atomic E-state index is -0.321. The van der Waals surface area contributed by atoms with Crippen LogP contribution >= 0.6 is 0 Å². The lowest BCUT2D eigenvalue weighted by molar-refractivity contribution is 0.138. The van der Waals surface area contributed by atoms with E-state index in [0.29, 0.717) is 0 Å². The molecule has 2 atom stereocenters. The molecule has 0 heterocycles. The Hall–Kier alpha value is -0.600. The summed E-state index contributed by atoms with van der Waals surface area (Å²) in [6.07, 6.45) is 16.6. The Kier molecular flexibility index (Phi) is 12.4. The molecule has 0 aromatic carbocycles. The van der Waals surface area contributed by atoms with Gasteiger partial charge in [0, 0.05) is 6.04 Å². The van der Waals surface area contributed by atoms with Gasteiger partial charge in [-0.3, -0.25) is 0 Å². The van der Waals surface area contributed by atoms with Crippen LogP contribution in [-0.4, -0.2) is 17.3 Å². The van der Waals surface area contributed by atoms with Gasteiger partial charge < -0.3 is 10.8 Å². The minimum absolute atomic E-state index is 0.0919. The molecule has 0 rings (SSSR count). The van der Waals surface area contributed by atoms with Crippen molar-refractivity contribution in [3.8, 4) is 0 Å². The summed E-state index contributed by atoms with van der Waals surface area (Å²) >= 11 is 0. The fraction of sp³-hybridized carbons (Fsp3) is 0.750. The molecule has 0 bridgehead atoms. The van der Waals surface area contributed by atoms with Gasteiger partial charge in [-0.1, -0.05) is 43.9 Å². The van der Waals surface area contributed by atoms with E-state index >= 15 is 0 Å². The van der Waals surface area contributed by atoms with Crippen molar-refractivity contribution in [2.24, 2.45) is 5.73 Å². The van der Waals surface area contributed by atoms with Gasteiger partial charge in [0.15, 0.2) is 0 Å². The lowest BCUT2D eigenvalue weighted by Crippen LogP contribution is -2.31. The van der Waals surface area contributed by atoms with Crippen LogP contribution in [0.4, 0.5) is 0 Å². The van der Waals surface area contributed by atoms with Gasteiger partial charge in [-0.05, 0) is 39.0 Å². The molecule has 18 heavy (non-hydrogen) atoms. The molecule has 3 N–H and O–H groups in total. The fourth-order valence-corrected chi connectivity index (χ4v) is 1.86. The third-order valence-electron chi connectivity index (χ3n) is 3.18. The van der Waals surface area contributed by atoms with Crippen molar-refractivity contribution < 1.29 is 5.11 Å².